The van der Waals surface area contributed by atoms with Crippen molar-refractivity contribution in [1.29, 1.82) is 0 Å². The number of hydrogen-bond acceptors (Lipinski definition) is 4. The first-order valence-corrected chi connectivity index (χ1v) is 6.46. The van der Waals surface area contributed by atoms with Crippen LogP contribution in [0.1, 0.15) is 12.6 Å². The first-order valence-electron chi connectivity index (χ1n) is 5.14. The highest BCUT2D eigenvalue weighted by Gasteiger charge is 2.58. The van der Waals surface area contributed by atoms with Crippen LogP contribution in [0.5, 0.6) is 0 Å². The first-order chi connectivity index (χ1) is 7.80. The summed E-state index contributed by atoms with van der Waals surface area (Å²) in [5.41, 5.74) is 1.04. The number of aromatic nitrogens is 1. The number of thioether (sulfide) groups is 1. The van der Waals surface area contributed by atoms with Gasteiger partial charge in [-0.2, -0.15) is 0 Å². The van der Waals surface area contributed by atoms with E-state index in [0.29, 0.717) is 12.6 Å². The second kappa shape index (κ2) is 5.01. The van der Waals surface area contributed by atoms with Crippen LogP contribution < -0.4 is 0 Å². The SMILES string of the molecule is CCOC(=[O+][S-])C1(Cc2ccccn2)CS1. The molecule has 2 heterocycles. The van der Waals surface area contributed by atoms with Crippen LogP contribution in [0.15, 0.2) is 24.4 Å². The van der Waals surface area contributed by atoms with E-state index in [9.17, 15) is 0 Å². The lowest BCUT2D eigenvalue weighted by Gasteiger charge is -2.07. The number of ether oxygens (including phenoxy) is 1. The van der Waals surface area contributed by atoms with Crippen molar-refractivity contribution in [1.82, 2.24) is 4.98 Å². The monoisotopic (exact) mass is 255 g/mol. The lowest BCUT2D eigenvalue weighted by molar-refractivity contribution is -0.263. The summed E-state index contributed by atoms with van der Waals surface area (Å²) in [4.78, 5) is 4.31. The van der Waals surface area contributed by atoms with Crippen LogP contribution in [0.25, 0.3) is 0 Å². The van der Waals surface area contributed by atoms with Gasteiger partial charge in [-0.3, -0.25) is 4.98 Å². The molecule has 16 heavy (non-hydrogen) atoms. The third-order valence-electron chi connectivity index (χ3n) is 2.41. The number of nitrogens with zero attached hydrogens (tertiary/aromatic N) is 1. The molecule has 0 N–H and O–H groups in total. The molecule has 86 valence electrons. The summed E-state index contributed by atoms with van der Waals surface area (Å²) >= 11 is 6.44. The lowest BCUT2D eigenvalue weighted by Crippen LogP contribution is -2.29. The van der Waals surface area contributed by atoms with Gasteiger partial charge in [-0.1, -0.05) is 6.07 Å². The minimum absolute atomic E-state index is 0.105. The highest BCUT2D eigenvalue weighted by molar-refractivity contribution is 8.08. The molecule has 0 amide bonds. The third kappa shape index (κ3) is 2.47. The minimum atomic E-state index is -0.105. The van der Waals surface area contributed by atoms with Crippen molar-refractivity contribution in [2.45, 2.75) is 18.1 Å². The fourth-order valence-corrected chi connectivity index (χ4v) is 2.66. The van der Waals surface area contributed by atoms with E-state index in [-0.39, 0.29) is 4.75 Å². The number of hydrogen-bond donors (Lipinski definition) is 0. The number of esters is 1. The molecule has 1 aliphatic rings. The van der Waals surface area contributed by atoms with Gasteiger partial charge in [0.1, 0.15) is 0 Å². The molecule has 2 rings (SSSR count). The quantitative estimate of drug-likeness (QED) is 0.355. The molecule has 0 aromatic carbocycles. The molecular weight excluding hydrogens is 242 g/mol. The van der Waals surface area contributed by atoms with Gasteiger partial charge >= 0.3 is 5.97 Å². The summed E-state index contributed by atoms with van der Waals surface area (Å²) in [5.74, 6) is 1.54. The molecule has 1 fully saturated rings. The van der Waals surface area contributed by atoms with E-state index >= 15 is 0 Å². The number of rotatable bonds is 4. The van der Waals surface area contributed by atoms with Crippen LogP contribution in [0.4, 0.5) is 0 Å². The zero-order valence-corrected chi connectivity index (χ0v) is 10.6. The minimum Gasteiger partial charge on any atom is -0.433 e. The first kappa shape index (κ1) is 11.7. The second-order valence-electron chi connectivity index (χ2n) is 3.58. The largest absolute Gasteiger partial charge is 0.486 e. The highest BCUT2D eigenvalue weighted by atomic mass is 32.2. The fourth-order valence-electron chi connectivity index (χ4n) is 1.54. The molecule has 1 aromatic heterocycles. The summed E-state index contributed by atoms with van der Waals surface area (Å²) in [6, 6.07) is 5.90. The van der Waals surface area contributed by atoms with Crippen LogP contribution in [-0.4, -0.2) is 28.1 Å². The van der Waals surface area contributed by atoms with Crippen LogP contribution >= 0.6 is 11.8 Å². The van der Waals surface area contributed by atoms with E-state index in [1.807, 2.05) is 25.1 Å². The average Bonchev–Trinajstić information content (AvgIpc) is 3.08. The Kier molecular flexibility index (Phi) is 3.66. The molecule has 0 saturated carbocycles. The number of carbonyl (C=O) groups excluding carboxylic acids is 1. The van der Waals surface area contributed by atoms with Gasteiger partial charge in [0, 0.05) is 24.1 Å². The Morgan fingerprint density at radius 1 is 1.69 bits per heavy atom. The van der Waals surface area contributed by atoms with Crippen molar-refractivity contribution in [2.75, 3.05) is 12.4 Å². The van der Waals surface area contributed by atoms with Crippen molar-refractivity contribution >= 4 is 30.6 Å². The molecule has 3 nitrogen and oxygen atoms in total. The normalized spacial score (nSPS) is 24.2. The standard InChI is InChI=1S/C11H13NO2S2/c1-2-13-10(14-15)11(8-16-11)7-9-5-3-4-6-12-9/h3-6H,2,7-8H2,1H3. The smallest absolute Gasteiger partial charge is 0.433 e. The second-order valence-corrected chi connectivity index (χ2v) is 5.11. The zero-order chi connectivity index (χ0) is 11.4. The molecule has 1 atom stereocenters. The predicted octanol–water partition coefficient (Wildman–Crippen LogP) is 1.67. The van der Waals surface area contributed by atoms with E-state index in [2.05, 4.69) is 17.9 Å². The Balaban J connectivity index is 2.09. The zero-order valence-electron chi connectivity index (χ0n) is 9.01. The fraction of sp³-hybridized carbons (Fsp3) is 0.455. The van der Waals surface area contributed by atoms with Crippen molar-refractivity contribution < 1.29 is 8.61 Å². The summed E-state index contributed by atoms with van der Waals surface area (Å²) in [5, 5.41) is 0. The Hall–Kier alpha value is -0.810. The molecule has 1 aliphatic heterocycles. The Morgan fingerprint density at radius 2 is 2.50 bits per heavy atom. The van der Waals surface area contributed by atoms with Crippen LogP contribution in [0.3, 0.4) is 0 Å². The molecule has 1 unspecified atom stereocenters. The van der Waals surface area contributed by atoms with E-state index < -0.39 is 0 Å². The summed E-state index contributed by atoms with van der Waals surface area (Å²) < 4.78 is 10.2. The van der Waals surface area contributed by atoms with Gasteiger partial charge in [0.25, 0.3) is 0 Å². The van der Waals surface area contributed by atoms with Gasteiger partial charge in [-0.15, -0.1) is 11.8 Å². The van der Waals surface area contributed by atoms with E-state index in [1.54, 1.807) is 18.0 Å². The molecule has 0 radical (unpaired) electrons. The summed E-state index contributed by atoms with van der Waals surface area (Å²) in [6.07, 6.45) is 2.61. The maximum atomic E-state index is 5.43. The molecule has 1 saturated heterocycles. The highest BCUT2D eigenvalue weighted by Crippen LogP contribution is 2.48. The molecule has 0 aliphatic carbocycles. The van der Waals surface area contributed by atoms with Gasteiger partial charge in [0.05, 0.1) is 0 Å². The van der Waals surface area contributed by atoms with Crippen molar-refractivity contribution in [3.8, 4) is 0 Å². The molecule has 1 aromatic rings. The van der Waals surface area contributed by atoms with Crippen LogP contribution in [-0.2, 0) is 27.9 Å². The van der Waals surface area contributed by atoms with Gasteiger partial charge in [0.2, 0.25) is 0 Å². The topological polar surface area (TPSA) is 33.4 Å². The van der Waals surface area contributed by atoms with E-state index in [4.69, 9.17) is 8.61 Å². The Morgan fingerprint density at radius 3 is 3.00 bits per heavy atom. The van der Waals surface area contributed by atoms with E-state index in [1.165, 1.54) is 0 Å². The Bertz CT molecular complexity index is 377. The summed E-state index contributed by atoms with van der Waals surface area (Å²) in [6.45, 7) is 2.51. The summed E-state index contributed by atoms with van der Waals surface area (Å²) in [7, 11) is 0. The molecule has 0 bridgehead atoms. The predicted molar refractivity (Wildman–Crippen MR) is 67.1 cm³/mol. The Labute approximate surface area is 105 Å². The maximum Gasteiger partial charge on any atom is 0.486 e. The van der Waals surface area contributed by atoms with Gasteiger partial charge < -0.3 is 21.5 Å². The van der Waals surface area contributed by atoms with Gasteiger partial charge in [0.15, 0.2) is 11.4 Å². The lowest BCUT2D eigenvalue weighted by atomic mass is 10.1. The van der Waals surface area contributed by atoms with Crippen LogP contribution in [0.2, 0.25) is 0 Å². The number of pyridine rings is 1. The molecule has 0 spiro atoms. The maximum absolute atomic E-state index is 5.43. The molecule has 5 heteroatoms. The molecular formula is C11H13NO2S2. The van der Waals surface area contributed by atoms with Crippen molar-refractivity contribution in [3.05, 3.63) is 30.1 Å². The van der Waals surface area contributed by atoms with Gasteiger partial charge in [-0.05, 0) is 19.1 Å². The average molecular weight is 255 g/mol. The van der Waals surface area contributed by atoms with Crippen LogP contribution in [0, 0.1) is 0 Å². The van der Waals surface area contributed by atoms with Crippen molar-refractivity contribution in [2.24, 2.45) is 0 Å². The van der Waals surface area contributed by atoms with Crippen molar-refractivity contribution in [3.63, 3.8) is 0 Å². The van der Waals surface area contributed by atoms with Gasteiger partial charge in [-0.25, -0.2) is 0 Å². The third-order valence-corrected chi connectivity index (χ3v) is 3.86. The van der Waals surface area contributed by atoms with E-state index in [0.717, 1.165) is 17.9 Å².